The monoisotopic (exact) mass is 364 g/mol. The van der Waals surface area contributed by atoms with Gasteiger partial charge in [-0.3, -0.25) is 4.79 Å². The Hall–Kier alpha value is -2.08. The van der Waals surface area contributed by atoms with Gasteiger partial charge in [0.15, 0.2) is 0 Å². The van der Waals surface area contributed by atoms with Crippen LogP contribution in [0.4, 0.5) is 4.79 Å². The van der Waals surface area contributed by atoms with Crippen LogP contribution < -0.4 is 10.5 Å². The molecule has 6 nitrogen and oxygen atoms in total. The van der Waals surface area contributed by atoms with Gasteiger partial charge in [0.25, 0.3) is 0 Å². The van der Waals surface area contributed by atoms with E-state index in [9.17, 15) is 9.59 Å². The van der Waals surface area contributed by atoms with Crippen LogP contribution in [0, 0.1) is 5.92 Å². The van der Waals surface area contributed by atoms with Gasteiger partial charge in [0, 0.05) is 0 Å². The van der Waals surface area contributed by atoms with E-state index >= 15 is 0 Å². The molecule has 2 amide bonds. The number of hydrogen-bond donors (Lipinski definition) is 1. The molecule has 1 aromatic carbocycles. The van der Waals surface area contributed by atoms with Crippen molar-refractivity contribution in [3.63, 3.8) is 0 Å². The smallest absolute Gasteiger partial charge is 0.417 e. The van der Waals surface area contributed by atoms with Gasteiger partial charge in [-0.1, -0.05) is 32.0 Å². The largest absolute Gasteiger partial charge is 0.489 e. The molecule has 146 valence electrons. The van der Waals surface area contributed by atoms with Gasteiger partial charge in [-0.2, -0.15) is 0 Å². The molecular weight excluding hydrogens is 332 g/mol. The van der Waals surface area contributed by atoms with Crippen molar-refractivity contribution in [2.24, 2.45) is 11.7 Å². The summed E-state index contributed by atoms with van der Waals surface area (Å²) < 4.78 is 11.3. The number of amides is 2. The van der Waals surface area contributed by atoms with Crippen LogP contribution in [0.3, 0.4) is 0 Å². The summed E-state index contributed by atoms with van der Waals surface area (Å²) in [5, 5.41) is 0. The molecule has 0 radical (unpaired) electrons. The minimum Gasteiger partial charge on any atom is -0.489 e. The molecule has 0 saturated carbocycles. The van der Waals surface area contributed by atoms with E-state index < -0.39 is 35.8 Å². The highest BCUT2D eigenvalue weighted by Crippen LogP contribution is 2.19. The van der Waals surface area contributed by atoms with Gasteiger partial charge in [-0.15, -0.1) is 0 Å². The summed E-state index contributed by atoms with van der Waals surface area (Å²) in [6, 6.07) is 7.90. The Labute approximate surface area is 156 Å². The molecule has 0 aliphatic carbocycles. The van der Waals surface area contributed by atoms with Crippen molar-refractivity contribution in [2.75, 3.05) is 0 Å². The summed E-state index contributed by atoms with van der Waals surface area (Å²) in [5.74, 6) is 0.0897. The lowest BCUT2D eigenvalue weighted by Crippen LogP contribution is -2.56. The van der Waals surface area contributed by atoms with Gasteiger partial charge in [0.05, 0.1) is 12.1 Å². The number of rotatable bonds is 6. The number of imide groups is 1. The third-order valence-corrected chi connectivity index (χ3v) is 3.98. The first-order valence-electron chi connectivity index (χ1n) is 8.97. The summed E-state index contributed by atoms with van der Waals surface area (Å²) in [4.78, 5) is 26.6. The highest BCUT2D eigenvalue weighted by Gasteiger charge is 2.37. The maximum Gasteiger partial charge on any atom is 0.417 e. The number of carbonyl (C=O) groups excluding carboxylic acids is 2. The summed E-state index contributed by atoms with van der Waals surface area (Å²) >= 11 is 0. The highest BCUT2D eigenvalue weighted by molar-refractivity contribution is 5.95. The Morgan fingerprint density at radius 1 is 1.04 bits per heavy atom. The van der Waals surface area contributed by atoms with Crippen LogP contribution in [0.25, 0.3) is 0 Å². The Morgan fingerprint density at radius 3 is 2.04 bits per heavy atom. The van der Waals surface area contributed by atoms with Gasteiger partial charge in [-0.05, 0) is 52.7 Å². The maximum atomic E-state index is 12.9. The highest BCUT2D eigenvalue weighted by atomic mass is 16.6. The van der Waals surface area contributed by atoms with Crippen LogP contribution >= 0.6 is 0 Å². The predicted octanol–water partition coefficient (Wildman–Crippen LogP) is 3.59. The van der Waals surface area contributed by atoms with Crippen molar-refractivity contribution < 1.29 is 19.1 Å². The van der Waals surface area contributed by atoms with E-state index in [1.54, 1.807) is 27.7 Å². The van der Waals surface area contributed by atoms with Gasteiger partial charge >= 0.3 is 6.09 Å². The molecule has 0 aliphatic heterocycles. The van der Waals surface area contributed by atoms with Crippen LogP contribution in [0.1, 0.15) is 48.5 Å². The standard InChI is InChI=1S/C20H32N2O4/c1-13(2)17(21)18(23)22(19(24)26-20(5,6)7)14(3)15(4)25-16-11-9-8-10-12-16/h8-15,17H,21H2,1-7H3/t14?,15?,17-/m0/s1. The average Bonchev–Trinajstić information content (AvgIpc) is 2.53. The molecule has 3 atom stereocenters. The van der Waals surface area contributed by atoms with Crippen LogP contribution in [-0.2, 0) is 9.53 Å². The van der Waals surface area contributed by atoms with Gasteiger partial charge in [-0.25, -0.2) is 9.69 Å². The van der Waals surface area contributed by atoms with E-state index in [4.69, 9.17) is 15.2 Å². The van der Waals surface area contributed by atoms with Crippen molar-refractivity contribution in [2.45, 2.75) is 72.3 Å². The van der Waals surface area contributed by atoms with Crippen LogP contribution in [0.5, 0.6) is 5.75 Å². The molecule has 2 N–H and O–H groups in total. The number of nitrogens with two attached hydrogens (primary N) is 1. The molecular formula is C20H32N2O4. The maximum absolute atomic E-state index is 12.9. The second kappa shape index (κ2) is 9.03. The molecule has 1 aromatic rings. The Bertz CT molecular complexity index is 596. The molecule has 0 aliphatic rings. The summed E-state index contributed by atoms with van der Waals surface area (Å²) in [7, 11) is 0. The zero-order valence-electron chi connectivity index (χ0n) is 16.9. The van der Waals surface area contributed by atoms with Gasteiger partial charge < -0.3 is 15.2 Å². The predicted molar refractivity (Wildman–Crippen MR) is 102 cm³/mol. The second-order valence-corrected chi connectivity index (χ2v) is 7.84. The summed E-state index contributed by atoms with van der Waals surface area (Å²) in [6.45, 7) is 12.5. The van der Waals surface area contributed by atoms with Crippen molar-refractivity contribution in [3.8, 4) is 5.75 Å². The zero-order chi connectivity index (χ0) is 20.1. The second-order valence-electron chi connectivity index (χ2n) is 7.84. The molecule has 1 rings (SSSR count). The van der Waals surface area contributed by atoms with Crippen molar-refractivity contribution in [1.82, 2.24) is 4.90 Å². The molecule has 0 heterocycles. The average molecular weight is 364 g/mol. The molecule has 6 heteroatoms. The van der Waals surface area contributed by atoms with Crippen LogP contribution in [0.2, 0.25) is 0 Å². The number of benzene rings is 1. The molecule has 0 fully saturated rings. The van der Waals surface area contributed by atoms with E-state index in [-0.39, 0.29) is 5.92 Å². The topological polar surface area (TPSA) is 81.9 Å². The summed E-state index contributed by atoms with van der Waals surface area (Å²) in [5.41, 5.74) is 5.29. The molecule has 26 heavy (non-hydrogen) atoms. The lowest BCUT2D eigenvalue weighted by Gasteiger charge is -2.35. The molecule has 2 unspecified atom stereocenters. The quantitative estimate of drug-likeness (QED) is 0.834. The van der Waals surface area contributed by atoms with E-state index in [0.29, 0.717) is 5.75 Å². The lowest BCUT2D eigenvalue weighted by molar-refractivity contribution is -0.136. The molecule has 0 aromatic heterocycles. The van der Waals surface area contributed by atoms with Crippen molar-refractivity contribution in [3.05, 3.63) is 30.3 Å². The number of ether oxygens (including phenoxy) is 2. The van der Waals surface area contributed by atoms with Gasteiger partial charge in [0.1, 0.15) is 17.5 Å². The van der Waals surface area contributed by atoms with Crippen molar-refractivity contribution >= 4 is 12.0 Å². The van der Waals surface area contributed by atoms with Crippen LogP contribution in [0.15, 0.2) is 30.3 Å². The number of para-hydroxylation sites is 1. The fourth-order valence-corrected chi connectivity index (χ4v) is 2.24. The molecule has 0 bridgehead atoms. The van der Waals surface area contributed by atoms with E-state index in [2.05, 4.69) is 0 Å². The molecule has 0 saturated heterocycles. The van der Waals surface area contributed by atoms with E-state index in [1.165, 1.54) is 0 Å². The Morgan fingerprint density at radius 2 is 1.58 bits per heavy atom. The lowest BCUT2D eigenvalue weighted by atomic mass is 10.0. The third-order valence-electron chi connectivity index (χ3n) is 3.98. The number of nitrogens with zero attached hydrogens (tertiary/aromatic N) is 1. The fraction of sp³-hybridized carbons (Fsp3) is 0.600. The number of carbonyl (C=O) groups is 2. The number of hydrogen-bond acceptors (Lipinski definition) is 5. The van der Waals surface area contributed by atoms with Crippen LogP contribution in [-0.4, -0.2) is 40.7 Å². The molecule has 0 spiro atoms. The zero-order valence-corrected chi connectivity index (χ0v) is 16.9. The van der Waals surface area contributed by atoms with Gasteiger partial charge in [0.2, 0.25) is 5.91 Å². The third kappa shape index (κ3) is 6.33. The van der Waals surface area contributed by atoms with E-state index in [0.717, 1.165) is 4.90 Å². The minimum atomic E-state index is -0.797. The van der Waals surface area contributed by atoms with Crippen molar-refractivity contribution in [1.29, 1.82) is 0 Å². The fourth-order valence-electron chi connectivity index (χ4n) is 2.24. The Balaban J connectivity index is 3.05. The SMILES string of the molecule is CC(Oc1ccccc1)C(C)N(C(=O)OC(C)(C)C)C(=O)[C@@H](N)C(C)C. The van der Waals surface area contributed by atoms with E-state index in [1.807, 2.05) is 51.1 Å². The normalized spacial score (nSPS) is 15.1. The Kier molecular flexibility index (Phi) is 7.63. The first-order chi connectivity index (χ1) is 11.9. The summed E-state index contributed by atoms with van der Waals surface area (Å²) in [6.07, 6.45) is -1.15. The first-order valence-corrected chi connectivity index (χ1v) is 8.97. The first kappa shape index (κ1) is 22.0. The minimum absolute atomic E-state index is 0.106.